The number of aryl methyl sites for hydroxylation is 2. The summed E-state index contributed by atoms with van der Waals surface area (Å²) in [5, 5.41) is 13.6. The zero-order chi connectivity index (χ0) is 14.8. The molecule has 1 aliphatic rings. The highest BCUT2D eigenvalue weighted by molar-refractivity contribution is 7.09. The summed E-state index contributed by atoms with van der Waals surface area (Å²) in [6.07, 6.45) is 3.47. The Kier molecular flexibility index (Phi) is 4.03. The van der Waals surface area contributed by atoms with E-state index >= 15 is 0 Å². The summed E-state index contributed by atoms with van der Waals surface area (Å²) in [7, 11) is 1.92. The Morgan fingerprint density at radius 1 is 1.62 bits per heavy atom. The van der Waals surface area contributed by atoms with E-state index in [4.69, 9.17) is 0 Å². The van der Waals surface area contributed by atoms with Crippen LogP contribution in [0.4, 0.5) is 0 Å². The van der Waals surface area contributed by atoms with Gasteiger partial charge in [-0.15, -0.1) is 11.3 Å². The lowest BCUT2D eigenvalue weighted by Gasteiger charge is -2.23. The van der Waals surface area contributed by atoms with Crippen molar-refractivity contribution in [2.75, 3.05) is 13.1 Å². The minimum absolute atomic E-state index is 0.0113. The second-order valence-corrected chi connectivity index (χ2v) is 6.17. The maximum atomic E-state index is 12.3. The van der Waals surface area contributed by atoms with Crippen molar-refractivity contribution in [2.24, 2.45) is 7.05 Å². The fraction of sp³-hybridized carbons (Fsp3) is 0.500. The van der Waals surface area contributed by atoms with Gasteiger partial charge in [0.15, 0.2) is 0 Å². The lowest BCUT2D eigenvalue weighted by atomic mass is 10.0. The predicted octanol–water partition coefficient (Wildman–Crippen LogP) is 0.731. The summed E-state index contributed by atoms with van der Waals surface area (Å²) >= 11 is 1.64. The summed E-state index contributed by atoms with van der Waals surface area (Å²) in [5.41, 5.74) is 3.17. The van der Waals surface area contributed by atoms with Gasteiger partial charge in [0.2, 0.25) is 5.91 Å². The number of nitrogens with zero attached hydrogens (tertiary/aromatic N) is 3. The molecule has 7 heteroatoms. The van der Waals surface area contributed by atoms with Crippen LogP contribution in [-0.4, -0.2) is 33.8 Å². The first-order valence-electron chi connectivity index (χ1n) is 7.08. The number of amides is 1. The van der Waals surface area contributed by atoms with Crippen LogP contribution in [0, 0.1) is 6.92 Å². The molecule has 1 aliphatic heterocycles. The standard InChI is InChI=1S/C14H19N5OS/c1-9-8-21-12(18-9)4-6-16-14(20)13-10-7-17-19(2)11(10)3-5-15-13/h7-8,13,15H,3-6H2,1-2H3,(H,16,20). The van der Waals surface area contributed by atoms with Gasteiger partial charge < -0.3 is 10.6 Å². The van der Waals surface area contributed by atoms with Crippen molar-refractivity contribution in [1.29, 1.82) is 0 Å². The molecule has 3 heterocycles. The number of rotatable bonds is 4. The molecule has 112 valence electrons. The van der Waals surface area contributed by atoms with Crippen molar-refractivity contribution in [3.63, 3.8) is 0 Å². The Hall–Kier alpha value is -1.73. The highest BCUT2D eigenvalue weighted by atomic mass is 32.1. The number of aromatic nitrogens is 3. The molecule has 1 atom stereocenters. The number of carbonyl (C=O) groups is 1. The molecular formula is C14H19N5OS. The second kappa shape index (κ2) is 5.95. The molecule has 3 rings (SSSR count). The van der Waals surface area contributed by atoms with Crippen molar-refractivity contribution < 1.29 is 4.79 Å². The average molecular weight is 305 g/mol. The summed E-state index contributed by atoms with van der Waals surface area (Å²) < 4.78 is 1.86. The van der Waals surface area contributed by atoms with Gasteiger partial charge in [0.05, 0.1) is 11.2 Å². The van der Waals surface area contributed by atoms with Crippen LogP contribution < -0.4 is 10.6 Å². The van der Waals surface area contributed by atoms with Gasteiger partial charge in [-0.25, -0.2) is 4.98 Å². The molecule has 21 heavy (non-hydrogen) atoms. The SMILES string of the molecule is Cc1csc(CCNC(=O)C2NCCc3c2cnn3C)n1. The maximum Gasteiger partial charge on any atom is 0.241 e. The molecule has 0 aromatic carbocycles. The second-order valence-electron chi connectivity index (χ2n) is 5.23. The Labute approximate surface area is 127 Å². The molecule has 0 saturated carbocycles. The van der Waals surface area contributed by atoms with Gasteiger partial charge >= 0.3 is 0 Å². The fourth-order valence-electron chi connectivity index (χ4n) is 2.62. The van der Waals surface area contributed by atoms with Gasteiger partial charge in [-0.1, -0.05) is 0 Å². The molecule has 0 aliphatic carbocycles. The Balaban J connectivity index is 1.59. The quantitative estimate of drug-likeness (QED) is 0.873. The van der Waals surface area contributed by atoms with Crippen molar-refractivity contribution >= 4 is 17.2 Å². The first kappa shape index (κ1) is 14.2. The maximum absolute atomic E-state index is 12.3. The minimum atomic E-state index is -0.291. The van der Waals surface area contributed by atoms with Gasteiger partial charge in [-0.2, -0.15) is 5.10 Å². The first-order chi connectivity index (χ1) is 10.1. The smallest absolute Gasteiger partial charge is 0.241 e. The summed E-state index contributed by atoms with van der Waals surface area (Å²) in [6, 6.07) is -0.291. The number of nitrogens with one attached hydrogen (secondary N) is 2. The third-order valence-electron chi connectivity index (χ3n) is 3.68. The van der Waals surface area contributed by atoms with E-state index in [0.717, 1.165) is 41.3 Å². The Morgan fingerprint density at radius 2 is 2.48 bits per heavy atom. The van der Waals surface area contributed by atoms with Crippen LogP contribution in [0.3, 0.4) is 0 Å². The number of hydrogen-bond donors (Lipinski definition) is 2. The van der Waals surface area contributed by atoms with Crippen LogP contribution in [0.25, 0.3) is 0 Å². The highest BCUT2D eigenvalue weighted by Crippen LogP contribution is 2.22. The largest absolute Gasteiger partial charge is 0.354 e. The van der Waals surface area contributed by atoms with Gasteiger partial charge in [-0.05, 0) is 6.92 Å². The minimum Gasteiger partial charge on any atom is -0.354 e. The highest BCUT2D eigenvalue weighted by Gasteiger charge is 2.28. The summed E-state index contributed by atoms with van der Waals surface area (Å²) in [5.74, 6) is 0.0113. The van der Waals surface area contributed by atoms with Crippen LogP contribution in [0.15, 0.2) is 11.6 Å². The van der Waals surface area contributed by atoms with E-state index < -0.39 is 0 Å². The van der Waals surface area contributed by atoms with E-state index in [-0.39, 0.29) is 11.9 Å². The molecule has 0 radical (unpaired) electrons. The summed E-state index contributed by atoms with van der Waals surface area (Å²) in [4.78, 5) is 16.7. The van der Waals surface area contributed by atoms with E-state index in [9.17, 15) is 4.79 Å². The zero-order valence-corrected chi connectivity index (χ0v) is 13.0. The first-order valence-corrected chi connectivity index (χ1v) is 7.96. The van der Waals surface area contributed by atoms with E-state index in [1.165, 1.54) is 0 Å². The number of fused-ring (bicyclic) bond motifs is 1. The molecule has 0 fully saturated rings. The van der Waals surface area contributed by atoms with Crippen LogP contribution in [0.1, 0.15) is 28.0 Å². The fourth-order valence-corrected chi connectivity index (χ4v) is 3.39. The molecule has 2 N–H and O–H groups in total. The molecule has 2 aromatic rings. The van der Waals surface area contributed by atoms with Gasteiger partial charge in [0.25, 0.3) is 0 Å². The monoisotopic (exact) mass is 305 g/mol. The normalized spacial score (nSPS) is 17.5. The Morgan fingerprint density at radius 3 is 3.24 bits per heavy atom. The molecular weight excluding hydrogens is 286 g/mol. The molecule has 2 aromatic heterocycles. The topological polar surface area (TPSA) is 71.8 Å². The Bertz CT molecular complexity index is 648. The average Bonchev–Trinajstić information content (AvgIpc) is 3.05. The van der Waals surface area contributed by atoms with Crippen molar-refractivity contribution in [3.05, 3.63) is 33.5 Å². The lowest BCUT2D eigenvalue weighted by Crippen LogP contribution is -2.42. The van der Waals surface area contributed by atoms with Crippen molar-refractivity contribution in [1.82, 2.24) is 25.4 Å². The van der Waals surface area contributed by atoms with Crippen LogP contribution in [0.5, 0.6) is 0 Å². The predicted molar refractivity (Wildman–Crippen MR) is 81.2 cm³/mol. The van der Waals surface area contributed by atoms with Crippen LogP contribution in [-0.2, 0) is 24.7 Å². The molecule has 0 spiro atoms. The van der Waals surface area contributed by atoms with E-state index in [1.807, 2.05) is 24.0 Å². The van der Waals surface area contributed by atoms with Gasteiger partial charge in [-0.3, -0.25) is 9.48 Å². The number of thiazole rings is 1. The molecule has 6 nitrogen and oxygen atoms in total. The third-order valence-corrected chi connectivity index (χ3v) is 4.71. The van der Waals surface area contributed by atoms with Gasteiger partial charge in [0, 0.05) is 55.3 Å². The van der Waals surface area contributed by atoms with Crippen LogP contribution in [0.2, 0.25) is 0 Å². The number of hydrogen-bond acceptors (Lipinski definition) is 5. The van der Waals surface area contributed by atoms with E-state index in [0.29, 0.717) is 6.54 Å². The van der Waals surface area contributed by atoms with Gasteiger partial charge in [0.1, 0.15) is 6.04 Å². The van der Waals surface area contributed by atoms with Crippen molar-refractivity contribution in [2.45, 2.75) is 25.8 Å². The molecule has 0 saturated heterocycles. The summed E-state index contributed by atoms with van der Waals surface area (Å²) in [6.45, 7) is 3.39. The number of carbonyl (C=O) groups excluding carboxylic acids is 1. The van der Waals surface area contributed by atoms with Crippen LogP contribution >= 0.6 is 11.3 Å². The molecule has 1 unspecified atom stereocenters. The van der Waals surface area contributed by atoms with E-state index in [2.05, 4.69) is 20.7 Å². The molecule has 1 amide bonds. The lowest BCUT2D eigenvalue weighted by molar-refractivity contribution is -0.123. The zero-order valence-electron chi connectivity index (χ0n) is 12.2. The van der Waals surface area contributed by atoms with E-state index in [1.54, 1.807) is 17.5 Å². The third kappa shape index (κ3) is 2.98. The molecule has 0 bridgehead atoms. The van der Waals surface area contributed by atoms with Crippen molar-refractivity contribution in [3.8, 4) is 0 Å².